The van der Waals surface area contributed by atoms with Gasteiger partial charge in [-0.1, -0.05) is 23.8 Å². The number of carbonyl (C=O) groups excluding carboxylic acids is 2. The predicted octanol–water partition coefficient (Wildman–Crippen LogP) is 2.61. The van der Waals surface area contributed by atoms with Crippen LogP contribution >= 0.6 is 0 Å². The zero-order valence-corrected chi connectivity index (χ0v) is 14.2. The highest BCUT2D eigenvalue weighted by Crippen LogP contribution is 2.39. The van der Waals surface area contributed by atoms with Crippen molar-refractivity contribution in [3.05, 3.63) is 51.1 Å². The number of phenols is 1. The van der Waals surface area contributed by atoms with E-state index < -0.39 is 29.3 Å². The summed E-state index contributed by atoms with van der Waals surface area (Å²) in [7, 11) is 0. The molecule has 0 amide bonds. The van der Waals surface area contributed by atoms with Gasteiger partial charge in [-0.15, -0.1) is 0 Å². The number of esters is 1. The van der Waals surface area contributed by atoms with Gasteiger partial charge >= 0.3 is 5.97 Å². The number of Topliss-reactive ketones (excluding diaryl/α,β-unsaturated/α-hetero) is 1. The first kappa shape index (κ1) is 18.6. The second kappa shape index (κ2) is 7.92. The topological polar surface area (TPSA) is 107 Å². The first-order chi connectivity index (χ1) is 11.9. The molecule has 2 atom stereocenters. The summed E-state index contributed by atoms with van der Waals surface area (Å²) in [5.74, 6) is -2.26. The number of ketones is 1. The third kappa shape index (κ3) is 4.04. The summed E-state index contributed by atoms with van der Waals surface area (Å²) in [5, 5.41) is 21.3. The van der Waals surface area contributed by atoms with Crippen molar-refractivity contribution in [2.24, 2.45) is 5.92 Å². The minimum absolute atomic E-state index is 0.110. The van der Waals surface area contributed by atoms with Crippen LogP contribution in [0.25, 0.3) is 0 Å². The van der Waals surface area contributed by atoms with Gasteiger partial charge < -0.3 is 9.84 Å². The van der Waals surface area contributed by atoms with E-state index in [9.17, 15) is 24.8 Å². The molecule has 2 rings (SSSR count). The molecule has 134 valence electrons. The van der Waals surface area contributed by atoms with E-state index in [4.69, 9.17) is 4.74 Å². The number of phenolic OH excluding ortho intramolecular Hbond substituents is 1. The smallest absolute Gasteiger partial charge is 0.313 e. The molecule has 0 saturated heterocycles. The fourth-order valence-corrected chi connectivity index (χ4v) is 3.32. The molecule has 0 fully saturated rings. The van der Waals surface area contributed by atoms with Crippen LogP contribution in [0, 0.1) is 16.0 Å². The second-order valence-corrected chi connectivity index (χ2v) is 5.99. The van der Waals surface area contributed by atoms with E-state index in [-0.39, 0.29) is 30.1 Å². The molecular formula is C18H21NO6. The summed E-state index contributed by atoms with van der Waals surface area (Å²) >= 11 is 0. The zero-order chi connectivity index (χ0) is 18.6. The Bertz CT molecular complexity index is 724. The lowest BCUT2D eigenvalue weighted by molar-refractivity contribution is -0.481. The molecule has 1 aromatic carbocycles. The molecule has 0 heterocycles. The summed E-state index contributed by atoms with van der Waals surface area (Å²) in [6, 6.07) is 6.24. The number of nitrogens with zero attached hydrogens (tertiary/aromatic N) is 1. The Labute approximate surface area is 145 Å². The van der Waals surface area contributed by atoms with Crippen LogP contribution in [-0.2, 0) is 14.3 Å². The first-order valence-corrected chi connectivity index (χ1v) is 8.17. The van der Waals surface area contributed by atoms with E-state index in [1.165, 1.54) is 6.07 Å². The predicted molar refractivity (Wildman–Crippen MR) is 89.8 cm³/mol. The van der Waals surface area contributed by atoms with Crippen LogP contribution in [0.3, 0.4) is 0 Å². The molecule has 1 N–H and O–H groups in total. The maximum Gasteiger partial charge on any atom is 0.313 e. The van der Waals surface area contributed by atoms with Crippen LogP contribution in [0.5, 0.6) is 5.75 Å². The number of para-hydroxylation sites is 1. The molecule has 0 bridgehead atoms. The van der Waals surface area contributed by atoms with Gasteiger partial charge in [-0.2, -0.15) is 0 Å². The van der Waals surface area contributed by atoms with Crippen molar-refractivity contribution >= 4 is 11.8 Å². The van der Waals surface area contributed by atoms with Crippen molar-refractivity contribution in [2.75, 3.05) is 13.2 Å². The van der Waals surface area contributed by atoms with Gasteiger partial charge in [0.05, 0.1) is 18.4 Å². The second-order valence-electron chi connectivity index (χ2n) is 5.99. The summed E-state index contributed by atoms with van der Waals surface area (Å²) < 4.78 is 5.06. The first-order valence-electron chi connectivity index (χ1n) is 8.17. The van der Waals surface area contributed by atoms with E-state index in [0.717, 1.165) is 0 Å². The van der Waals surface area contributed by atoms with Gasteiger partial charge in [0.15, 0.2) is 5.78 Å². The lowest BCUT2D eigenvalue weighted by Crippen LogP contribution is -2.30. The van der Waals surface area contributed by atoms with Crippen molar-refractivity contribution in [2.45, 2.75) is 32.6 Å². The van der Waals surface area contributed by atoms with E-state index in [1.54, 1.807) is 32.0 Å². The average Bonchev–Trinajstić information content (AvgIpc) is 2.54. The fourth-order valence-electron chi connectivity index (χ4n) is 3.32. The molecule has 0 spiro atoms. The van der Waals surface area contributed by atoms with E-state index in [1.807, 2.05) is 0 Å². The normalized spacial score (nSPS) is 18.8. The largest absolute Gasteiger partial charge is 0.508 e. The molecule has 1 aliphatic carbocycles. The quantitative estimate of drug-likeness (QED) is 0.481. The Morgan fingerprint density at radius 2 is 2.12 bits per heavy atom. The van der Waals surface area contributed by atoms with Crippen LogP contribution in [0.2, 0.25) is 0 Å². The maximum absolute atomic E-state index is 12.5. The minimum Gasteiger partial charge on any atom is -0.508 e. The minimum atomic E-state index is -0.902. The van der Waals surface area contributed by atoms with E-state index in [0.29, 0.717) is 17.6 Å². The number of hydrogen-bond donors (Lipinski definition) is 1. The Balaban J connectivity index is 2.54. The van der Waals surface area contributed by atoms with Gasteiger partial charge in [0.2, 0.25) is 6.54 Å². The number of nitro groups is 1. The lowest BCUT2D eigenvalue weighted by atomic mass is 9.75. The van der Waals surface area contributed by atoms with Crippen LogP contribution in [0.15, 0.2) is 35.4 Å². The summed E-state index contributed by atoms with van der Waals surface area (Å²) in [4.78, 5) is 35.3. The SMILES string of the molecule is CCOC(=O)[C@H]1CCC(=O)C([C@@H](C[N+](=O)[O-])c2ccccc2O)=C1C. The van der Waals surface area contributed by atoms with Gasteiger partial charge in [0.25, 0.3) is 0 Å². The van der Waals surface area contributed by atoms with Crippen LogP contribution in [-0.4, -0.2) is 34.9 Å². The van der Waals surface area contributed by atoms with Crippen LogP contribution in [0.4, 0.5) is 0 Å². The van der Waals surface area contributed by atoms with Crippen molar-refractivity contribution < 1.29 is 24.4 Å². The van der Waals surface area contributed by atoms with Gasteiger partial charge in [-0.05, 0) is 26.3 Å². The highest BCUT2D eigenvalue weighted by atomic mass is 16.6. The van der Waals surface area contributed by atoms with Crippen molar-refractivity contribution in [3.8, 4) is 5.75 Å². The lowest BCUT2D eigenvalue weighted by Gasteiger charge is -2.28. The summed E-state index contributed by atoms with van der Waals surface area (Å²) in [6.07, 6.45) is 0.455. The van der Waals surface area contributed by atoms with Gasteiger partial charge in [0, 0.05) is 22.5 Å². The monoisotopic (exact) mass is 347 g/mol. The van der Waals surface area contributed by atoms with E-state index >= 15 is 0 Å². The molecule has 1 aliphatic rings. The van der Waals surface area contributed by atoms with Crippen molar-refractivity contribution in [1.82, 2.24) is 0 Å². The summed E-state index contributed by atoms with van der Waals surface area (Å²) in [6.45, 7) is 3.03. The van der Waals surface area contributed by atoms with Gasteiger partial charge in [-0.3, -0.25) is 19.7 Å². The highest BCUT2D eigenvalue weighted by molar-refractivity contribution is 6.00. The maximum atomic E-state index is 12.5. The number of hydrogen-bond acceptors (Lipinski definition) is 6. The molecule has 25 heavy (non-hydrogen) atoms. The van der Waals surface area contributed by atoms with Gasteiger partial charge in [-0.25, -0.2) is 0 Å². The number of rotatable bonds is 6. The highest BCUT2D eigenvalue weighted by Gasteiger charge is 2.38. The third-order valence-corrected chi connectivity index (χ3v) is 4.47. The molecule has 7 nitrogen and oxygen atoms in total. The van der Waals surface area contributed by atoms with Crippen LogP contribution < -0.4 is 0 Å². The molecular weight excluding hydrogens is 326 g/mol. The van der Waals surface area contributed by atoms with Crippen LogP contribution in [0.1, 0.15) is 38.2 Å². The van der Waals surface area contributed by atoms with Crippen molar-refractivity contribution in [1.29, 1.82) is 0 Å². The summed E-state index contributed by atoms with van der Waals surface area (Å²) in [5.41, 5.74) is 1.04. The molecule has 0 aliphatic heterocycles. The number of ether oxygens (including phenoxy) is 1. The number of aromatic hydroxyl groups is 1. The Morgan fingerprint density at radius 1 is 1.44 bits per heavy atom. The standard InChI is InChI=1S/C18H21NO6/c1-3-25-18(22)12-8-9-16(21)17(11(12)2)14(10-19(23)24)13-6-4-5-7-15(13)20/h4-7,12,14,20H,3,8-10H2,1-2H3/t12-,14-/m0/s1. The number of benzene rings is 1. The molecule has 0 aromatic heterocycles. The molecule has 0 saturated carbocycles. The zero-order valence-electron chi connectivity index (χ0n) is 14.2. The Kier molecular flexibility index (Phi) is 5.90. The molecule has 7 heteroatoms. The third-order valence-electron chi connectivity index (χ3n) is 4.47. The van der Waals surface area contributed by atoms with Gasteiger partial charge in [0.1, 0.15) is 5.75 Å². The Hall–Kier alpha value is -2.70. The molecule has 0 radical (unpaired) electrons. The van der Waals surface area contributed by atoms with E-state index in [2.05, 4.69) is 0 Å². The average molecular weight is 347 g/mol. The fraction of sp³-hybridized carbons (Fsp3) is 0.444. The van der Waals surface area contributed by atoms with Crippen molar-refractivity contribution in [3.63, 3.8) is 0 Å². The Morgan fingerprint density at radius 3 is 2.72 bits per heavy atom. The molecule has 1 aromatic rings. The number of carbonyl (C=O) groups is 2. The molecule has 0 unspecified atom stereocenters.